The summed E-state index contributed by atoms with van der Waals surface area (Å²) in [5.74, 6) is 0. The molecule has 3 rings (SSSR count). The van der Waals surface area contributed by atoms with Crippen molar-refractivity contribution in [3.8, 4) is 0 Å². The molecule has 1 saturated heterocycles. The average molecular weight is 311 g/mol. The van der Waals surface area contributed by atoms with E-state index in [9.17, 15) is 4.79 Å². The number of carbonyl (C=O) groups is 1. The van der Waals surface area contributed by atoms with Crippen molar-refractivity contribution >= 4 is 6.09 Å². The molecular formula is C19H21NO3. The normalized spacial score (nSPS) is 17.7. The molecule has 0 spiro atoms. The van der Waals surface area contributed by atoms with E-state index in [0.717, 1.165) is 12.0 Å². The first kappa shape index (κ1) is 15.6. The number of carbonyl (C=O) groups excluding carboxylic acids is 1. The third-order valence-corrected chi connectivity index (χ3v) is 3.98. The molecule has 2 aromatic carbocycles. The zero-order chi connectivity index (χ0) is 15.9. The molecule has 4 heteroatoms. The Balaban J connectivity index is 1.60. The van der Waals surface area contributed by atoms with Crippen LogP contribution in [0.2, 0.25) is 0 Å². The molecule has 1 aliphatic heterocycles. The van der Waals surface area contributed by atoms with Crippen molar-refractivity contribution in [2.45, 2.75) is 19.1 Å². The molecule has 0 radical (unpaired) electrons. The van der Waals surface area contributed by atoms with Crippen molar-refractivity contribution in [1.29, 1.82) is 0 Å². The van der Waals surface area contributed by atoms with E-state index in [-0.39, 0.29) is 12.1 Å². The number of rotatable bonds is 4. The lowest BCUT2D eigenvalue weighted by molar-refractivity contribution is -0.0103. The Morgan fingerprint density at radius 2 is 1.70 bits per heavy atom. The Hall–Kier alpha value is -2.33. The summed E-state index contributed by atoms with van der Waals surface area (Å²) in [4.78, 5) is 14.2. The van der Waals surface area contributed by atoms with Gasteiger partial charge in [-0.15, -0.1) is 0 Å². The molecular weight excluding hydrogens is 290 g/mol. The second-order valence-corrected chi connectivity index (χ2v) is 5.65. The van der Waals surface area contributed by atoms with E-state index in [1.165, 1.54) is 5.56 Å². The van der Waals surface area contributed by atoms with Crippen LogP contribution in [0.5, 0.6) is 0 Å². The monoisotopic (exact) mass is 311 g/mol. The number of hydrogen-bond acceptors (Lipinski definition) is 3. The van der Waals surface area contributed by atoms with Gasteiger partial charge in [0.15, 0.2) is 0 Å². The molecule has 23 heavy (non-hydrogen) atoms. The van der Waals surface area contributed by atoms with E-state index in [2.05, 4.69) is 12.1 Å². The number of hydrogen-bond donors (Lipinski definition) is 0. The van der Waals surface area contributed by atoms with Crippen molar-refractivity contribution in [2.75, 3.05) is 19.8 Å². The van der Waals surface area contributed by atoms with Crippen LogP contribution in [0.4, 0.5) is 4.79 Å². The Morgan fingerprint density at radius 1 is 1.04 bits per heavy atom. The zero-order valence-corrected chi connectivity index (χ0v) is 13.1. The fraction of sp³-hybridized carbons (Fsp3) is 0.316. The molecule has 1 amide bonds. The highest BCUT2D eigenvalue weighted by molar-refractivity contribution is 5.68. The molecule has 0 aromatic heterocycles. The van der Waals surface area contributed by atoms with E-state index in [4.69, 9.17) is 9.47 Å². The van der Waals surface area contributed by atoms with Crippen molar-refractivity contribution in [3.05, 3.63) is 71.8 Å². The van der Waals surface area contributed by atoms with Gasteiger partial charge in [0.05, 0.1) is 19.3 Å². The summed E-state index contributed by atoms with van der Waals surface area (Å²) in [6.07, 6.45) is 0.513. The van der Waals surface area contributed by atoms with Crippen molar-refractivity contribution in [3.63, 3.8) is 0 Å². The van der Waals surface area contributed by atoms with Crippen LogP contribution >= 0.6 is 0 Å². The molecule has 0 N–H and O–H groups in total. The lowest BCUT2D eigenvalue weighted by Crippen LogP contribution is -2.49. The van der Waals surface area contributed by atoms with Crippen LogP contribution in [-0.4, -0.2) is 36.8 Å². The second-order valence-electron chi connectivity index (χ2n) is 5.65. The summed E-state index contributed by atoms with van der Waals surface area (Å²) in [6.45, 7) is 1.99. The fourth-order valence-corrected chi connectivity index (χ4v) is 2.75. The molecule has 1 fully saturated rings. The van der Waals surface area contributed by atoms with Crippen LogP contribution in [0.15, 0.2) is 60.7 Å². The Morgan fingerprint density at radius 3 is 2.39 bits per heavy atom. The average Bonchev–Trinajstić information content (AvgIpc) is 2.62. The van der Waals surface area contributed by atoms with Gasteiger partial charge in [0.2, 0.25) is 0 Å². The van der Waals surface area contributed by atoms with Gasteiger partial charge in [0.25, 0.3) is 0 Å². The molecule has 4 nitrogen and oxygen atoms in total. The first-order valence-corrected chi connectivity index (χ1v) is 7.92. The summed E-state index contributed by atoms with van der Waals surface area (Å²) in [5, 5.41) is 0. The van der Waals surface area contributed by atoms with Crippen LogP contribution in [0.25, 0.3) is 0 Å². The molecule has 1 aliphatic rings. The minimum Gasteiger partial charge on any atom is -0.445 e. The highest BCUT2D eigenvalue weighted by atomic mass is 16.6. The van der Waals surface area contributed by atoms with Gasteiger partial charge in [0, 0.05) is 6.54 Å². The van der Waals surface area contributed by atoms with E-state index in [0.29, 0.717) is 26.4 Å². The van der Waals surface area contributed by atoms with Crippen LogP contribution in [0, 0.1) is 0 Å². The number of benzene rings is 2. The van der Waals surface area contributed by atoms with E-state index >= 15 is 0 Å². The molecule has 1 atom stereocenters. The largest absolute Gasteiger partial charge is 0.445 e. The molecule has 1 heterocycles. The smallest absolute Gasteiger partial charge is 0.410 e. The predicted octanol–water partition coefficient (Wildman–Crippen LogP) is 3.27. The summed E-state index contributed by atoms with van der Waals surface area (Å²) < 4.78 is 11.0. The third kappa shape index (κ3) is 4.33. The van der Waals surface area contributed by atoms with Crippen molar-refractivity contribution < 1.29 is 14.3 Å². The number of amides is 1. The van der Waals surface area contributed by atoms with Gasteiger partial charge in [-0.25, -0.2) is 4.79 Å². The molecule has 0 saturated carbocycles. The minimum atomic E-state index is -0.266. The summed E-state index contributed by atoms with van der Waals surface area (Å²) in [6, 6.07) is 19.9. The number of nitrogens with zero attached hydrogens (tertiary/aromatic N) is 1. The van der Waals surface area contributed by atoms with E-state index in [1.807, 2.05) is 48.5 Å². The van der Waals surface area contributed by atoms with Crippen LogP contribution in [-0.2, 0) is 22.5 Å². The van der Waals surface area contributed by atoms with Gasteiger partial charge in [-0.1, -0.05) is 60.7 Å². The second kappa shape index (κ2) is 7.79. The predicted molar refractivity (Wildman–Crippen MR) is 88.1 cm³/mol. The molecule has 0 unspecified atom stereocenters. The van der Waals surface area contributed by atoms with Crippen LogP contribution in [0.1, 0.15) is 11.1 Å². The van der Waals surface area contributed by atoms with E-state index in [1.54, 1.807) is 4.90 Å². The third-order valence-electron chi connectivity index (χ3n) is 3.98. The molecule has 0 bridgehead atoms. The zero-order valence-electron chi connectivity index (χ0n) is 13.1. The van der Waals surface area contributed by atoms with E-state index < -0.39 is 0 Å². The maximum atomic E-state index is 12.4. The molecule has 120 valence electrons. The van der Waals surface area contributed by atoms with Gasteiger partial charge in [-0.3, -0.25) is 0 Å². The van der Waals surface area contributed by atoms with Gasteiger partial charge < -0.3 is 14.4 Å². The fourth-order valence-electron chi connectivity index (χ4n) is 2.75. The highest BCUT2D eigenvalue weighted by Gasteiger charge is 2.28. The van der Waals surface area contributed by atoms with Gasteiger partial charge in [0.1, 0.15) is 6.61 Å². The summed E-state index contributed by atoms with van der Waals surface area (Å²) >= 11 is 0. The summed E-state index contributed by atoms with van der Waals surface area (Å²) in [7, 11) is 0. The molecule has 2 aromatic rings. The maximum Gasteiger partial charge on any atom is 0.410 e. The SMILES string of the molecule is O=C(OCc1ccccc1)N1CCOC[C@H]1Cc1ccccc1. The summed E-state index contributed by atoms with van der Waals surface area (Å²) in [5.41, 5.74) is 2.19. The van der Waals surface area contributed by atoms with Crippen LogP contribution < -0.4 is 0 Å². The van der Waals surface area contributed by atoms with Gasteiger partial charge in [-0.2, -0.15) is 0 Å². The standard InChI is InChI=1S/C19H21NO3/c21-19(23-14-17-9-5-2-6-10-17)20-11-12-22-15-18(20)13-16-7-3-1-4-8-16/h1-10,18H,11-15H2/t18-/m1/s1. The lowest BCUT2D eigenvalue weighted by Gasteiger charge is -2.34. The topological polar surface area (TPSA) is 38.8 Å². The highest BCUT2D eigenvalue weighted by Crippen LogP contribution is 2.15. The Bertz CT molecular complexity index is 615. The quantitative estimate of drug-likeness (QED) is 0.870. The van der Waals surface area contributed by atoms with Gasteiger partial charge in [-0.05, 0) is 17.5 Å². The van der Waals surface area contributed by atoms with Crippen LogP contribution in [0.3, 0.4) is 0 Å². The molecule has 0 aliphatic carbocycles. The van der Waals surface area contributed by atoms with Crippen molar-refractivity contribution in [1.82, 2.24) is 4.90 Å². The lowest BCUT2D eigenvalue weighted by atomic mass is 10.0. The van der Waals surface area contributed by atoms with Crippen molar-refractivity contribution in [2.24, 2.45) is 0 Å². The number of morpholine rings is 1. The van der Waals surface area contributed by atoms with Gasteiger partial charge >= 0.3 is 6.09 Å². The number of ether oxygens (including phenoxy) is 2. The minimum absolute atomic E-state index is 0.0226. The first-order chi connectivity index (χ1) is 11.3. The Kier molecular flexibility index (Phi) is 5.27. The Labute approximate surface area is 136 Å². The first-order valence-electron chi connectivity index (χ1n) is 7.92. The maximum absolute atomic E-state index is 12.4.